The van der Waals surface area contributed by atoms with Crippen LogP contribution in [-0.2, 0) is 0 Å². The topological polar surface area (TPSA) is 24.4 Å². The molecular formula is C5H8N2S. The number of hydrogen-bond acceptors (Lipinski definition) is 3. The largest absolute Gasteiger partial charge is 0.284 e. The van der Waals surface area contributed by atoms with E-state index in [-0.39, 0.29) is 0 Å². The van der Waals surface area contributed by atoms with Crippen molar-refractivity contribution in [2.45, 2.75) is 13.3 Å². The van der Waals surface area contributed by atoms with Crippen molar-refractivity contribution in [3.05, 3.63) is 11.6 Å². The fourth-order valence-corrected chi connectivity index (χ4v) is 0.999. The van der Waals surface area contributed by atoms with E-state index in [1.807, 2.05) is 11.6 Å². The zero-order valence-electron chi connectivity index (χ0n) is 4.72. The van der Waals surface area contributed by atoms with Crippen molar-refractivity contribution >= 4 is 16.8 Å². The fourth-order valence-electron chi connectivity index (χ4n) is 0.441. The van der Waals surface area contributed by atoms with Crippen molar-refractivity contribution in [1.29, 1.82) is 0 Å². The minimum absolute atomic E-state index is 1.02. The molecule has 1 rings (SSSR count). The molecule has 1 aliphatic heterocycles. The molecule has 2 nitrogen and oxygen atoms in total. The summed E-state index contributed by atoms with van der Waals surface area (Å²) in [5.41, 5.74) is 2.77. The molecular weight excluding hydrogens is 120 g/mol. The lowest BCUT2D eigenvalue weighted by molar-refractivity contribution is 0.962. The lowest BCUT2D eigenvalue weighted by atomic mass is 10.5. The summed E-state index contributed by atoms with van der Waals surface area (Å²) in [4.78, 5) is 0. The molecule has 0 bridgehead atoms. The van der Waals surface area contributed by atoms with Crippen LogP contribution in [0.25, 0.3) is 0 Å². The zero-order valence-corrected chi connectivity index (χ0v) is 5.53. The molecule has 0 atom stereocenters. The highest BCUT2D eigenvalue weighted by Crippen LogP contribution is 2.10. The zero-order chi connectivity index (χ0) is 5.82. The summed E-state index contributed by atoms with van der Waals surface area (Å²) in [7, 11) is 0. The summed E-state index contributed by atoms with van der Waals surface area (Å²) in [5, 5.41) is 7.13. The van der Waals surface area contributed by atoms with Gasteiger partial charge < -0.3 is 0 Å². The number of nitrogens with one attached hydrogen (secondary N) is 1. The van der Waals surface area contributed by atoms with E-state index in [1.165, 1.54) is 0 Å². The Balaban J connectivity index is 2.43. The van der Waals surface area contributed by atoms with Gasteiger partial charge in [-0.05, 0) is 11.8 Å². The van der Waals surface area contributed by atoms with Gasteiger partial charge in [-0.15, -0.1) is 0 Å². The number of nitrogens with zero attached hydrogens (tertiary/aromatic N) is 1. The summed E-state index contributed by atoms with van der Waals surface area (Å²) in [6.07, 6.45) is 2.84. The average molecular weight is 128 g/mol. The minimum atomic E-state index is 1.02. The first kappa shape index (κ1) is 5.69. The van der Waals surface area contributed by atoms with Crippen LogP contribution in [-0.4, -0.2) is 5.04 Å². The van der Waals surface area contributed by atoms with Crippen LogP contribution in [0.4, 0.5) is 0 Å². The van der Waals surface area contributed by atoms with E-state index < -0.39 is 0 Å². The maximum Gasteiger partial charge on any atom is 0.0974 e. The molecule has 0 aromatic carbocycles. The molecule has 3 heteroatoms. The Hall–Kier alpha value is -0.440. The van der Waals surface area contributed by atoms with E-state index in [2.05, 4.69) is 17.5 Å². The van der Waals surface area contributed by atoms with Crippen LogP contribution in [0, 0.1) is 0 Å². The molecule has 0 radical (unpaired) electrons. The smallest absolute Gasteiger partial charge is 0.0974 e. The minimum Gasteiger partial charge on any atom is -0.284 e. The van der Waals surface area contributed by atoms with Crippen molar-refractivity contribution < 1.29 is 0 Å². The first-order valence-corrected chi connectivity index (χ1v) is 3.45. The third kappa shape index (κ3) is 1.26. The van der Waals surface area contributed by atoms with Gasteiger partial charge in [-0.2, -0.15) is 5.10 Å². The molecule has 0 spiro atoms. The normalized spacial score (nSPS) is 17.4. The Labute approximate surface area is 53.0 Å². The number of rotatable bonds is 1. The van der Waals surface area contributed by atoms with Crippen LogP contribution in [0.2, 0.25) is 0 Å². The first-order valence-electron chi connectivity index (χ1n) is 2.57. The van der Waals surface area contributed by atoms with E-state index in [0.29, 0.717) is 0 Å². The van der Waals surface area contributed by atoms with Crippen LogP contribution >= 0.6 is 11.8 Å². The van der Waals surface area contributed by atoms with Gasteiger partial charge in [-0.3, -0.25) is 5.43 Å². The van der Waals surface area contributed by atoms with E-state index >= 15 is 0 Å². The van der Waals surface area contributed by atoms with Gasteiger partial charge in [0, 0.05) is 6.20 Å². The van der Waals surface area contributed by atoms with Crippen LogP contribution in [0.5, 0.6) is 0 Å². The summed E-state index contributed by atoms with van der Waals surface area (Å²) in [6, 6.07) is 0. The monoisotopic (exact) mass is 128 g/mol. The van der Waals surface area contributed by atoms with E-state index in [9.17, 15) is 0 Å². The number of thioether (sulfide) groups is 1. The second-order valence-corrected chi connectivity index (χ2v) is 2.39. The highest BCUT2D eigenvalue weighted by atomic mass is 32.2. The number of hydrogen-bond donors (Lipinski definition) is 1. The molecule has 1 aliphatic rings. The fraction of sp³-hybridized carbons (Fsp3) is 0.400. The summed E-state index contributed by atoms with van der Waals surface area (Å²) >= 11 is 1.67. The molecule has 1 N–H and O–H groups in total. The molecule has 0 amide bonds. The van der Waals surface area contributed by atoms with Crippen molar-refractivity contribution in [2.24, 2.45) is 5.10 Å². The molecule has 0 saturated carbocycles. The predicted molar refractivity (Wildman–Crippen MR) is 37.6 cm³/mol. The van der Waals surface area contributed by atoms with E-state index in [1.54, 1.807) is 11.8 Å². The van der Waals surface area contributed by atoms with Crippen LogP contribution in [0.15, 0.2) is 16.7 Å². The Morgan fingerprint density at radius 3 is 3.12 bits per heavy atom. The quantitative estimate of drug-likeness (QED) is 0.579. The highest BCUT2D eigenvalue weighted by molar-refractivity contribution is 8.16. The standard InChI is InChI=1S/C5H8N2S/c1-2-5-7-6-3-4-8-5/h3-4,6H,2H2,1H3. The molecule has 1 heterocycles. The van der Waals surface area contributed by atoms with Gasteiger partial charge in [-0.25, -0.2) is 0 Å². The van der Waals surface area contributed by atoms with Gasteiger partial charge in [0.1, 0.15) is 0 Å². The van der Waals surface area contributed by atoms with Gasteiger partial charge >= 0.3 is 0 Å². The van der Waals surface area contributed by atoms with Gasteiger partial charge in [0.05, 0.1) is 5.04 Å². The Bertz CT molecular complexity index is 128. The molecule has 0 unspecified atom stereocenters. The second kappa shape index (κ2) is 2.77. The molecule has 0 saturated heterocycles. The van der Waals surface area contributed by atoms with Crippen molar-refractivity contribution in [3.63, 3.8) is 0 Å². The average Bonchev–Trinajstić information content (AvgIpc) is 1.90. The Kier molecular flexibility index (Phi) is 1.97. The summed E-state index contributed by atoms with van der Waals surface area (Å²) < 4.78 is 0. The van der Waals surface area contributed by atoms with Gasteiger partial charge in [0.25, 0.3) is 0 Å². The maximum atomic E-state index is 3.99. The molecule has 0 aromatic rings. The first-order chi connectivity index (χ1) is 3.93. The van der Waals surface area contributed by atoms with Gasteiger partial charge in [0.15, 0.2) is 0 Å². The van der Waals surface area contributed by atoms with Crippen LogP contribution in [0.3, 0.4) is 0 Å². The third-order valence-corrected chi connectivity index (χ3v) is 1.76. The molecule has 0 fully saturated rings. The van der Waals surface area contributed by atoms with Crippen LogP contribution in [0.1, 0.15) is 13.3 Å². The molecule has 0 aliphatic carbocycles. The van der Waals surface area contributed by atoms with Gasteiger partial charge in [-0.1, -0.05) is 18.7 Å². The second-order valence-electron chi connectivity index (χ2n) is 1.41. The number of hydrazone groups is 1. The van der Waals surface area contributed by atoms with E-state index in [0.717, 1.165) is 11.5 Å². The molecule has 0 aromatic heterocycles. The Morgan fingerprint density at radius 1 is 1.88 bits per heavy atom. The van der Waals surface area contributed by atoms with Crippen LogP contribution < -0.4 is 5.43 Å². The lowest BCUT2D eigenvalue weighted by Crippen LogP contribution is -2.02. The maximum absolute atomic E-state index is 3.99. The molecule has 8 heavy (non-hydrogen) atoms. The van der Waals surface area contributed by atoms with Crippen molar-refractivity contribution in [3.8, 4) is 0 Å². The van der Waals surface area contributed by atoms with Crippen molar-refractivity contribution in [1.82, 2.24) is 5.43 Å². The van der Waals surface area contributed by atoms with Gasteiger partial charge in [0.2, 0.25) is 0 Å². The summed E-state index contributed by atoms with van der Waals surface area (Å²) in [5.74, 6) is 0. The molecule has 44 valence electrons. The summed E-state index contributed by atoms with van der Waals surface area (Å²) in [6.45, 7) is 2.09. The predicted octanol–water partition coefficient (Wildman–Crippen LogP) is 1.52. The Morgan fingerprint density at radius 2 is 2.75 bits per heavy atom. The van der Waals surface area contributed by atoms with Crippen molar-refractivity contribution in [2.75, 3.05) is 0 Å². The lowest BCUT2D eigenvalue weighted by Gasteiger charge is -2.02. The third-order valence-electron chi connectivity index (χ3n) is 0.838. The SMILES string of the molecule is CCC1=NNC=CS1. The highest BCUT2D eigenvalue weighted by Gasteiger charge is 1.94. The van der Waals surface area contributed by atoms with E-state index in [4.69, 9.17) is 0 Å².